The molecule has 18 N–H and O–H groups in total. The van der Waals surface area contributed by atoms with E-state index >= 15 is 0 Å². The van der Waals surface area contributed by atoms with Gasteiger partial charge in [-0.15, -0.1) is 0 Å². The number of nitrogens with two attached hydrogens (primary N) is 3. The van der Waals surface area contributed by atoms with Gasteiger partial charge in [0.15, 0.2) is 5.96 Å². The number of imidazole rings is 1. The maximum absolute atomic E-state index is 14.7. The molecule has 0 spiro atoms. The van der Waals surface area contributed by atoms with E-state index in [1.54, 1.807) is 42.6 Å². The molecule has 25 heteroatoms. The van der Waals surface area contributed by atoms with Crippen LogP contribution in [0.3, 0.4) is 0 Å². The maximum atomic E-state index is 14.7. The van der Waals surface area contributed by atoms with Crippen molar-refractivity contribution in [3.05, 3.63) is 90.1 Å². The van der Waals surface area contributed by atoms with Crippen LogP contribution in [-0.4, -0.2) is 136 Å². The molecular formula is C50H70N16O9. The van der Waals surface area contributed by atoms with Gasteiger partial charge < -0.3 is 75.0 Å². The van der Waals surface area contributed by atoms with Crippen molar-refractivity contribution < 1.29 is 43.2 Å². The molecule has 1 aliphatic heterocycles. The Labute approximate surface area is 433 Å². The van der Waals surface area contributed by atoms with Crippen molar-refractivity contribution in [2.75, 3.05) is 19.6 Å². The first-order valence-corrected chi connectivity index (χ1v) is 25.0. The van der Waals surface area contributed by atoms with E-state index in [2.05, 4.69) is 62.8 Å². The second-order valence-corrected chi connectivity index (χ2v) is 18.3. The van der Waals surface area contributed by atoms with Gasteiger partial charge in [0.05, 0.1) is 12.0 Å². The lowest BCUT2D eigenvalue weighted by atomic mass is 10.0. The molecule has 75 heavy (non-hydrogen) atoms. The second-order valence-electron chi connectivity index (χ2n) is 18.3. The third-order valence-electron chi connectivity index (χ3n) is 12.5. The van der Waals surface area contributed by atoms with Gasteiger partial charge in [-0.2, -0.15) is 0 Å². The Kier molecular flexibility index (Phi) is 22.5. The smallest absolute Gasteiger partial charge is 0.243 e. The lowest BCUT2D eigenvalue weighted by Crippen LogP contribution is -2.60. The Morgan fingerprint density at radius 2 is 1.41 bits per heavy atom. The van der Waals surface area contributed by atoms with Crippen molar-refractivity contribution in [1.82, 2.24) is 62.8 Å². The quantitative estimate of drug-likeness (QED) is 0.0289. The van der Waals surface area contributed by atoms with E-state index < -0.39 is 95.5 Å². The highest BCUT2D eigenvalue weighted by Crippen LogP contribution is 2.20. The molecule has 7 atom stereocenters. The number of amides is 9. The molecule has 1 unspecified atom stereocenters. The van der Waals surface area contributed by atoms with Gasteiger partial charge >= 0.3 is 0 Å². The first kappa shape index (κ1) is 57.5. The minimum absolute atomic E-state index is 0.0180. The van der Waals surface area contributed by atoms with Gasteiger partial charge in [0.25, 0.3) is 0 Å². The standard InChI is InChI=1S/C50H70N16O9/c1-29(67)60-36(15-7-8-20-51)44(70)62-37-16-9-21-56-42(68)19-18-35(43(52)69)61-48(74)40(24-31-26-58-34-14-6-5-13-33(31)34)65-45(71)38(17-10-22-57-50(53)54)63-47(73)39(23-30-11-3-2-4-12-30)64-49(75)41(66-46(37)72)25-32-27-55-28-59-32/h2-6,11-14,26-28,35-41,58H,7-10,15-25,51H2,1H3,(H2,52,69)(H,55,59)(H,56,68)(H,60,67)(H,61,74)(H,62,70)(H,63,73)(H,64,75)(H,65,71)(H,66,72)(H4,53,54,57)/t35?,36-,37+,38+,39-,40+,41+/m1/s1. The number of fused-ring (bicyclic) bond motifs is 1. The number of nitrogens with zero attached hydrogens (tertiary/aromatic N) is 1. The third kappa shape index (κ3) is 18.9. The van der Waals surface area contributed by atoms with Gasteiger partial charge in [0.1, 0.15) is 42.3 Å². The van der Waals surface area contributed by atoms with Crippen molar-refractivity contribution in [2.24, 2.45) is 17.2 Å². The molecular weight excluding hydrogens is 969 g/mol. The van der Waals surface area contributed by atoms with Crippen LogP contribution in [0.4, 0.5) is 0 Å². The minimum Gasteiger partial charge on any atom is -0.370 e. The Balaban J connectivity index is 1.54. The van der Waals surface area contributed by atoms with Gasteiger partial charge in [-0.05, 0) is 75.1 Å². The molecule has 1 aliphatic rings. The highest BCUT2D eigenvalue weighted by Gasteiger charge is 2.35. The van der Waals surface area contributed by atoms with E-state index in [1.165, 1.54) is 19.4 Å². The Hall–Kier alpha value is -8.35. The number of aromatic nitrogens is 3. The zero-order valence-electron chi connectivity index (χ0n) is 41.9. The fourth-order valence-corrected chi connectivity index (χ4v) is 8.50. The molecule has 2 aromatic heterocycles. The molecule has 9 amide bonds. The third-order valence-corrected chi connectivity index (χ3v) is 12.5. The van der Waals surface area contributed by atoms with Gasteiger partial charge in [-0.25, -0.2) is 4.98 Å². The van der Waals surface area contributed by atoms with Crippen LogP contribution in [-0.2, 0) is 62.4 Å². The molecule has 404 valence electrons. The number of nitrogens with one attached hydrogen (secondary N) is 12. The van der Waals surface area contributed by atoms with Crippen LogP contribution < -0.4 is 65.1 Å². The summed E-state index contributed by atoms with van der Waals surface area (Å²) in [4.78, 5) is 135. The Bertz CT molecular complexity index is 2590. The molecule has 0 saturated carbocycles. The van der Waals surface area contributed by atoms with Crippen LogP contribution in [0.1, 0.15) is 81.5 Å². The molecule has 0 radical (unpaired) electrons. The zero-order chi connectivity index (χ0) is 54.3. The van der Waals surface area contributed by atoms with Gasteiger partial charge in [0.2, 0.25) is 53.2 Å². The van der Waals surface area contributed by atoms with Crippen molar-refractivity contribution >= 4 is 70.0 Å². The molecule has 2 aromatic carbocycles. The highest BCUT2D eigenvalue weighted by atomic mass is 16.2. The average Bonchev–Trinajstić information content (AvgIpc) is 4.05. The maximum Gasteiger partial charge on any atom is 0.243 e. The van der Waals surface area contributed by atoms with Gasteiger partial charge in [0, 0.05) is 69.0 Å². The molecule has 25 nitrogen and oxygen atoms in total. The minimum atomic E-state index is -1.41. The van der Waals surface area contributed by atoms with Crippen molar-refractivity contribution in [1.29, 1.82) is 5.41 Å². The fraction of sp³-hybridized carbons (Fsp3) is 0.460. The number of carbonyl (C=O) groups excluding carboxylic acids is 9. The van der Waals surface area contributed by atoms with Gasteiger partial charge in [-0.3, -0.25) is 48.6 Å². The van der Waals surface area contributed by atoms with Crippen LogP contribution in [0.15, 0.2) is 73.3 Å². The van der Waals surface area contributed by atoms with E-state index in [1.807, 2.05) is 18.2 Å². The van der Waals surface area contributed by atoms with Crippen LogP contribution in [0.5, 0.6) is 0 Å². The number of aromatic amines is 2. The first-order chi connectivity index (χ1) is 36.0. The van der Waals surface area contributed by atoms with E-state index in [0.717, 1.165) is 10.9 Å². The van der Waals surface area contributed by atoms with Crippen LogP contribution in [0, 0.1) is 5.41 Å². The largest absolute Gasteiger partial charge is 0.370 e. The highest BCUT2D eigenvalue weighted by molar-refractivity contribution is 5.98. The summed E-state index contributed by atoms with van der Waals surface area (Å²) in [6.07, 6.45) is 5.05. The van der Waals surface area contributed by atoms with Crippen LogP contribution in [0.2, 0.25) is 0 Å². The molecule has 1 fully saturated rings. The summed E-state index contributed by atoms with van der Waals surface area (Å²) in [5, 5.41) is 32.7. The summed E-state index contributed by atoms with van der Waals surface area (Å²) >= 11 is 0. The number of primary amides is 1. The summed E-state index contributed by atoms with van der Waals surface area (Å²) in [5.41, 5.74) is 19.3. The topological polar surface area (TPSA) is 408 Å². The summed E-state index contributed by atoms with van der Waals surface area (Å²) < 4.78 is 0. The van der Waals surface area contributed by atoms with Crippen LogP contribution >= 0.6 is 0 Å². The number of para-hydroxylation sites is 1. The molecule has 0 aliphatic carbocycles. The number of hydrogen-bond acceptors (Lipinski definition) is 12. The van der Waals surface area contributed by atoms with E-state index in [9.17, 15) is 43.2 Å². The molecule has 3 heterocycles. The number of unbranched alkanes of at least 4 members (excludes halogenated alkanes) is 1. The lowest BCUT2D eigenvalue weighted by molar-refractivity contribution is -0.135. The second kappa shape index (κ2) is 29.4. The number of carbonyl (C=O) groups is 9. The summed E-state index contributed by atoms with van der Waals surface area (Å²) in [6.45, 7) is 1.69. The van der Waals surface area contributed by atoms with Crippen molar-refractivity contribution in [2.45, 2.75) is 126 Å². The number of hydrogen-bond donors (Lipinski definition) is 15. The zero-order valence-corrected chi connectivity index (χ0v) is 41.9. The normalized spacial score (nSPS) is 21.2. The SMILES string of the molecule is CC(=O)N[C@H](CCCCN)C(=O)N[C@H]1CCCNC(=O)CCC(C(N)=O)NC(=O)[C@H](Cc2c[nH]c3ccccc23)NC(=O)[C@H](CCCNC(=N)N)NC(=O)[C@@H](Cc2ccccc2)NC(=O)[C@H](Cc2c[nH]cn2)NC1=O. The summed E-state index contributed by atoms with van der Waals surface area (Å²) in [5.74, 6) is -7.09. The monoisotopic (exact) mass is 1040 g/mol. The number of H-pyrrole nitrogens is 2. The van der Waals surface area contributed by atoms with Crippen molar-refractivity contribution in [3.63, 3.8) is 0 Å². The van der Waals surface area contributed by atoms with E-state index in [-0.39, 0.29) is 83.3 Å². The van der Waals surface area contributed by atoms with Crippen LogP contribution in [0.25, 0.3) is 10.9 Å². The Morgan fingerprint density at radius 1 is 0.760 bits per heavy atom. The number of benzene rings is 2. The van der Waals surface area contributed by atoms with E-state index in [0.29, 0.717) is 36.2 Å². The fourth-order valence-electron chi connectivity index (χ4n) is 8.50. The summed E-state index contributed by atoms with van der Waals surface area (Å²) in [6, 6.07) is 6.69. The average molecular weight is 1040 g/mol. The molecule has 1 saturated heterocycles. The predicted molar refractivity (Wildman–Crippen MR) is 276 cm³/mol. The Morgan fingerprint density at radius 3 is 2.09 bits per heavy atom. The number of rotatable bonds is 18. The predicted octanol–water partition coefficient (Wildman–Crippen LogP) is -2.10. The van der Waals surface area contributed by atoms with Crippen molar-refractivity contribution in [3.8, 4) is 0 Å². The van der Waals surface area contributed by atoms with E-state index in [4.69, 9.17) is 22.6 Å². The number of guanidine groups is 1. The lowest BCUT2D eigenvalue weighted by Gasteiger charge is -2.28. The molecule has 0 bridgehead atoms. The molecule has 5 rings (SSSR count). The molecule has 4 aromatic rings. The first-order valence-electron chi connectivity index (χ1n) is 25.0. The summed E-state index contributed by atoms with van der Waals surface area (Å²) in [7, 11) is 0. The van der Waals surface area contributed by atoms with Gasteiger partial charge in [-0.1, -0.05) is 48.5 Å².